The van der Waals surface area contributed by atoms with E-state index in [2.05, 4.69) is 5.43 Å². The van der Waals surface area contributed by atoms with Gasteiger partial charge in [0.2, 0.25) is 0 Å². The second-order valence-corrected chi connectivity index (χ2v) is 2.98. The monoisotopic (exact) mass is 214 g/mol. The molecule has 1 aromatic heterocycles. The Morgan fingerprint density at radius 2 is 2.07 bits per heavy atom. The molecule has 0 amide bonds. The van der Waals surface area contributed by atoms with Crippen molar-refractivity contribution >= 4 is 0 Å². The maximum atomic E-state index is 5.47. The highest BCUT2D eigenvalue weighted by atomic mass is 16.7. The highest BCUT2D eigenvalue weighted by Crippen LogP contribution is 2.19. The Morgan fingerprint density at radius 1 is 1.40 bits per heavy atom. The minimum absolute atomic E-state index is 0.219. The van der Waals surface area contributed by atoms with Gasteiger partial charge in [0, 0.05) is 18.8 Å². The number of nitrogens with two attached hydrogens (primary N) is 1. The van der Waals surface area contributed by atoms with E-state index in [0.717, 1.165) is 5.56 Å². The second kappa shape index (κ2) is 6.58. The molecule has 5 heteroatoms. The van der Waals surface area contributed by atoms with Crippen LogP contribution in [0.15, 0.2) is 23.0 Å². The van der Waals surface area contributed by atoms with Crippen molar-refractivity contribution in [2.24, 2.45) is 5.84 Å². The predicted octanol–water partition coefficient (Wildman–Crippen LogP) is 1.18. The Balaban J connectivity index is 2.69. The quantitative estimate of drug-likeness (QED) is 0.405. The number of nitrogens with one attached hydrogen (secondary N) is 1. The van der Waals surface area contributed by atoms with Crippen LogP contribution < -0.4 is 11.3 Å². The van der Waals surface area contributed by atoms with Gasteiger partial charge in [-0.15, -0.1) is 0 Å². The molecule has 1 unspecified atom stereocenters. The van der Waals surface area contributed by atoms with E-state index in [1.54, 1.807) is 12.5 Å². The van der Waals surface area contributed by atoms with Gasteiger partial charge in [0.05, 0.1) is 12.5 Å². The average molecular weight is 214 g/mol. The molecule has 1 aromatic rings. The zero-order valence-electron chi connectivity index (χ0n) is 9.10. The van der Waals surface area contributed by atoms with Crippen LogP contribution in [-0.4, -0.2) is 19.5 Å². The summed E-state index contributed by atoms with van der Waals surface area (Å²) in [6.07, 6.45) is 2.81. The summed E-state index contributed by atoms with van der Waals surface area (Å²) in [6.45, 7) is 4.96. The summed E-state index contributed by atoms with van der Waals surface area (Å²) in [5.41, 5.74) is 3.57. The maximum Gasteiger partial charge on any atom is 0.178 e. The van der Waals surface area contributed by atoms with Crippen molar-refractivity contribution in [3.8, 4) is 0 Å². The molecule has 1 rings (SSSR count). The topological polar surface area (TPSA) is 69.7 Å². The first kappa shape index (κ1) is 12.2. The largest absolute Gasteiger partial charge is 0.472 e. The van der Waals surface area contributed by atoms with E-state index in [9.17, 15) is 0 Å². The minimum atomic E-state index is -0.400. The summed E-state index contributed by atoms with van der Waals surface area (Å²) in [5, 5.41) is 0. The molecule has 0 bridgehead atoms. The van der Waals surface area contributed by atoms with Crippen LogP contribution in [0.3, 0.4) is 0 Å². The Bertz CT molecular complexity index is 245. The molecule has 1 heterocycles. The summed E-state index contributed by atoms with van der Waals surface area (Å²) in [5.74, 6) is 5.47. The van der Waals surface area contributed by atoms with Gasteiger partial charge in [0.1, 0.15) is 6.04 Å². The molecule has 86 valence electrons. The van der Waals surface area contributed by atoms with Crippen molar-refractivity contribution in [2.75, 3.05) is 13.2 Å². The molecule has 3 N–H and O–H groups in total. The highest BCUT2D eigenvalue weighted by molar-refractivity contribution is 5.12. The van der Waals surface area contributed by atoms with Gasteiger partial charge in [-0.2, -0.15) is 0 Å². The lowest BCUT2D eigenvalue weighted by Gasteiger charge is -2.25. The normalized spacial score (nSPS) is 13.3. The second-order valence-electron chi connectivity index (χ2n) is 2.98. The van der Waals surface area contributed by atoms with E-state index >= 15 is 0 Å². The molecule has 0 radical (unpaired) electrons. The zero-order valence-corrected chi connectivity index (χ0v) is 9.10. The van der Waals surface area contributed by atoms with Crippen LogP contribution in [0.25, 0.3) is 0 Å². The SMILES string of the molecule is CCOC(OCC)C(NN)c1ccoc1. The lowest BCUT2D eigenvalue weighted by atomic mass is 10.1. The van der Waals surface area contributed by atoms with Gasteiger partial charge in [-0.05, 0) is 19.9 Å². The Hall–Kier alpha value is -0.880. The fraction of sp³-hybridized carbons (Fsp3) is 0.600. The van der Waals surface area contributed by atoms with E-state index in [-0.39, 0.29) is 6.04 Å². The number of hydrogen-bond donors (Lipinski definition) is 2. The first-order valence-electron chi connectivity index (χ1n) is 5.04. The molecule has 0 aliphatic carbocycles. The van der Waals surface area contributed by atoms with Crippen molar-refractivity contribution < 1.29 is 13.9 Å². The van der Waals surface area contributed by atoms with E-state index in [1.807, 2.05) is 19.9 Å². The standard InChI is InChI=1S/C10H18N2O3/c1-3-14-10(15-4-2)9(12-11)8-5-6-13-7-8/h5-7,9-10,12H,3-4,11H2,1-2H3. The van der Waals surface area contributed by atoms with E-state index in [4.69, 9.17) is 19.7 Å². The van der Waals surface area contributed by atoms with Crippen molar-refractivity contribution in [2.45, 2.75) is 26.2 Å². The van der Waals surface area contributed by atoms with Crippen molar-refractivity contribution in [3.63, 3.8) is 0 Å². The first-order valence-corrected chi connectivity index (χ1v) is 5.04. The predicted molar refractivity (Wildman–Crippen MR) is 55.8 cm³/mol. The third-order valence-electron chi connectivity index (χ3n) is 2.02. The van der Waals surface area contributed by atoms with Gasteiger partial charge in [-0.3, -0.25) is 5.84 Å². The van der Waals surface area contributed by atoms with Crippen molar-refractivity contribution in [1.82, 2.24) is 5.43 Å². The molecule has 1 atom stereocenters. The first-order chi connectivity index (χ1) is 7.33. The van der Waals surface area contributed by atoms with Gasteiger partial charge >= 0.3 is 0 Å². The molecule has 0 aliphatic rings. The summed E-state index contributed by atoms with van der Waals surface area (Å²) >= 11 is 0. The van der Waals surface area contributed by atoms with E-state index in [1.165, 1.54) is 0 Å². The van der Waals surface area contributed by atoms with Crippen LogP contribution in [0, 0.1) is 0 Å². The van der Waals surface area contributed by atoms with Crippen molar-refractivity contribution in [1.29, 1.82) is 0 Å². The summed E-state index contributed by atoms with van der Waals surface area (Å²) in [7, 11) is 0. The van der Waals surface area contributed by atoms with Crippen molar-refractivity contribution in [3.05, 3.63) is 24.2 Å². The molecule has 5 nitrogen and oxygen atoms in total. The van der Waals surface area contributed by atoms with E-state index < -0.39 is 6.29 Å². The van der Waals surface area contributed by atoms with Crippen LogP contribution in [0.4, 0.5) is 0 Å². The van der Waals surface area contributed by atoms with Crippen LogP contribution in [0.2, 0.25) is 0 Å². The zero-order chi connectivity index (χ0) is 11.1. The smallest absolute Gasteiger partial charge is 0.178 e. The van der Waals surface area contributed by atoms with Crippen LogP contribution in [0.1, 0.15) is 25.5 Å². The average Bonchev–Trinajstić information content (AvgIpc) is 2.73. The van der Waals surface area contributed by atoms with E-state index in [0.29, 0.717) is 13.2 Å². The Morgan fingerprint density at radius 3 is 2.47 bits per heavy atom. The Kier molecular flexibility index (Phi) is 5.34. The molecular formula is C10H18N2O3. The fourth-order valence-corrected chi connectivity index (χ4v) is 1.35. The van der Waals surface area contributed by atoms with Gasteiger partial charge in [0.15, 0.2) is 6.29 Å². The molecule has 0 saturated carbocycles. The highest BCUT2D eigenvalue weighted by Gasteiger charge is 2.23. The molecule has 0 saturated heterocycles. The van der Waals surface area contributed by atoms with Gasteiger partial charge in [-0.25, -0.2) is 5.43 Å². The number of ether oxygens (including phenoxy) is 2. The van der Waals surface area contributed by atoms with Gasteiger partial charge in [-0.1, -0.05) is 0 Å². The van der Waals surface area contributed by atoms with Crippen LogP contribution in [0.5, 0.6) is 0 Å². The molecule has 15 heavy (non-hydrogen) atoms. The minimum Gasteiger partial charge on any atom is -0.472 e. The summed E-state index contributed by atoms with van der Waals surface area (Å²) in [6, 6.07) is 1.61. The summed E-state index contributed by atoms with van der Waals surface area (Å²) < 4.78 is 15.9. The van der Waals surface area contributed by atoms with Gasteiger partial charge < -0.3 is 13.9 Å². The number of hydrogen-bond acceptors (Lipinski definition) is 5. The maximum absolute atomic E-state index is 5.47. The van der Waals surface area contributed by atoms with Gasteiger partial charge in [0.25, 0.3) is 0 Å². The fourth-order valence-electron chi connectivity index (χ4n) is 1.35. The lowest BCUT2D eigenvalue weighted by Crippen LogP contribution is -2.39. The lowest BCUT2D eigenvalue weighted by molar-refractivity contribution is -0.155. The number of rotatable bonds is 7. The van der Waals surface area contributed by atoms with Crippen LogP contribution in [-0.2, 0) is 9.47 Å². The number of hydrazine groups is 1. The third kappa shape index (κ3) is 3.32. The molecule has 0 aromatic carbocycles. The third-order valence-corrected chi connectivity index (χ3v) is 2.02. The molecule has 0 aliphatic heterocycles. The Labute approximate surface area is 89.5 Å². The van der Waals surface area contributed by atoms with Crippen LogP contribution >= 0.6 is 0 Å². The number of furan rings is 1. The summed E-state index contributed by atoms with van der Waals surface area (Å²) in [4.78, 5) is 0. The molecule has 0 spiro atoms. The molecular weight excluding hydrogens is 196 g/mol. The molecule has 0 fully saturated rings.